The monoisotopic (exact) mass is 314 g/mol. The Morgan fingerprint density at radius 1 is 1.43 bits per heavy atom. The molecule has 21 heavy (non-hydrogen) atoms. The molecule has 2 rings (SSSR count). The molecule has 0 aliphatic carbocycles. The summed E-state index contributed by atoms with van der Waals surface area (Å²) < 4.78 is 0. The van der Waals surface area contributed by atoms with E-state index < -0.39 is 0 Å². The van der Waals surface area contributed by atoms with Crippen molar-refractivity contribution in [3.05, 3.63) is 27.9 Å². The van der Waals surface area contributed by atoms with Gasteiger partial charge in [0.2, 0.25) is 5.91 Å². The maximum atomic E-state index is 12.0. The zero-order chi connectivity index (χ0) is 14.4. The molecule has 1 saturated heterocycles. The number of rotatable bonds is 4. The standard InChI is InChI=1S/C14H22N4O2.ClH/c1-10-9-13(19)18-12(17-10)5-8-16-14(20)11-3-2-6-15-7-4-11;/h9,11,15H,2-8H2,1H3,(H,16,20)(H,17,18,19);1H. The van der Waals surface area contributed by atoms with Gasteiger partial charge in [0.15, 0.2) is 0 Å². The minimum Gasteiger partial charge on any atom is -0.355 e. The number of nitrogens with zero attached hydrogens (tertiary/aromatic N) is 1. The summed E-state index contributed by atoms with van der Waals surface area (Å²) in [6, 6.07) is 1.46. The minimum atomic E-state index is -0.145. The van der Waals surface area contributed by atoms with Gasteiger partial charge in [0.05, 0.1) is 0 Å². The first-order chi connectivity index (χ1) is 9.65. The Kier molecular flexibility index (Phi) is 7.39. The van der Waals surface area contributed by atoms with E-state index in [0.29, 0.717) is 24.5 Å². The predicted octanol–water partition coefficient (Wildman–Crippen LogP) is 0.549. The summed E-state index contributed by atoms with van der Waals surface area (Å²) in [4.78, 5) is 30.3. The van der Waals surface area contributed by atoms with Crippen molar-refractivity contribution in [2.45, 2.75) is 32.6 Å². The maximum absolute atomic E-state index is 12.0. The summed E-state index contributed by atoms with van der Waals surface area (Å²) in [5.74, 6) is 0.844. The Morgan fingerprint density at radius 2 is 2.24 bits per heavy atom. The molecular formula is C14H23ClN4O2. The van der Waals surface area contributed by atoms with E-state index in [0.717, 1.165) is 32.4 Å². The first kappa shape index (κ1) is 17.7. The smallest absolute Gasteiger partial charge is 0.251 e. The first-order valence-corrected chi connectivity index (χ1v) is 7.20. The topological polar surface area (TPSA) is 86.9 Å². The van der Waals surface area contributed by atoms with E-state index in [1.807, 2.05) is 0 Å². The highest BCUT2D eigenvalue weighted by Crippen LogP contribution is 2.13. The summed E-state index contributed by atoms with van der Waals surface area (Å²) in [7, 11) is 0. The summed E-state index contributed by atoms with van der Waals surface area (Å²) in [5.41, 5.74) is 0.554. The van der Waals surface area contributed by atoms with E-state index in [1.54, 1.807) is 6.92 Å². The molecule has 1 atom stereocenters. The van der Waals surface area contributed by atoms with Crippen molar-refractivity contribution in [2.75, 3.05) is 19.6 Å². The van der Waals surface area contributed by atoms with Gasteiger partial charge >= 0.3 is 0 Å². The van der Waals surface area contributed by atoms with Crippen molar-refractivity contribution < 1.29 is 4.79 Å². The number of nitrogens with one attached hydrogen (secondary N) is 3. The lowest BCUT2D eigenvalue weighted by atomic mass is 10.00. The quantitative estimate of drug-likeness (QED) is 0.757. The average molecular weight is 315 g/mol. The normalized spacial score (nSPS) is 18.4. The Balaban J connectivity index is 0.00000220. The van der Waals surface area contributed by atoms with Crippen LogP contribution in [0.15, 0.2) is 10.9 Å². The Bertz CT molecular complexity index is 510. The molecule has 1 unspecified atom stereocenters. The van der Waals surface area contributed by atoms with E-state index in [1.165, 1.54) is 6.07 Å². The molecule has 0 aromatic carbocycles. The predicted molar refractivity (Wildman–Crippen MR) is 83.8 cm³/mol. The summed E-state index contributed by atoms with van der Waals surface area (Å²) >= 11 is 0. The molecule has 0 saturated carbocycles. The molecule has 2 heterocycles. The van der Waals surface area contributed by atoms with Crippen LogP contribution in [0.3, 0.4) is 0 Å². The van der Waals surface area contributed by atoms with Crippen molar-refractivity contribution in [3.63, 3.8) is 0 Å². The van der Waals surface area contributed by atoms with Crippen molar-refractivity contribution in [1.82, 2.24) is 20.6 Å². The molecule has 1 aromatic rings. The number of carbonyl (C=O) groups is 1. The largest absolute Gasteiger partial charge is 0.355 e. The number of H-pyrrole nitrogens is 1. The van der Waals surface area contributed by atoms with E-state index in [4.69, 9.17) is 0 Å². The van der Waals surface area contributed by atoms with Crippen LogP contribution in [0.25, 0.3) is 0 Å². The van der Waals surface area contributed by atoms with Gasteiger partial charge in [-0.15, -0.1) is 12.4 Å². The second-order valence-corrected chi connectivity index (χ2v) is 5.25. The van der Waals surface area contributed by atoms with Crippen LogP contribution in [-0.4, -0.2) is 35.5 Å². The van der Waals surface area contributed by atoms with Crippen molar-refractivity contribution in [1.29, 1.82) is 0 Å². The van der Waals surface area contributed by atoms with Gasteiger partial charge in [-0.25, -0.2) is 4.98 Å². The molecule has 0 spiro atoms. The zero-order valence-electron chi connectivity index (χ0n) is 12.3. The number of aromatic nitrogens is 2. The molecule has 7 heteroatoms. The second-order valence-electron chi connectivity index (χ2n) is 5.25. The van der Waals surface area contributed by atoms with Crippen LogP contribution in [0.2, 0.25) is 0 Å². The number of carbonyl (C=O) groups excluding carboxylic acids is 1. The molecule has 0 bridgehead atoms. The maximum Gasteiger partial charge on any atom is 0.251 e. The van der Waals surface area contributed by atoms with Crippen LogP contribution in [0.4, 0.5) is 0 Å². The third kappa shape index (κ3) is 5.85. The van der Waals surface area contributed by atoms with Crippen LogP contribution in [0.5, 0.6) is 0 Å². The molecule has 3 N–H and O–H groups in total. The van der Waals surface area contributed by atoms with E-state index in [-0.39, 0.29) is 29.8 Å². The summed E-state index contributed by atoms with van der Waals surface area (Å²) in [6.07, 6.45) is 3.43. The van der Waals surface area contributed by atoms with Gasteiger partial charge in [-0.2, -0.15) is 0 Å². The minimum absolute atomic E-state index is 0. The van der Waals surface area contributed by atoms with Crippen LogP contribution < -0.4 is 16.2 Å². The molecule has 1 aromatic heterocycles. The van der Waals surface area contributed by atoms with Crippen molar-refractivity contribution >= 4 is 18.3 Å². The Hall–Kier alpha value is -1.40. The molecule has 118 valence electrons. The molecule has 6 nitrogen and oxygen atoms in total. The lowest BCUT2D eigenvalue weighted by Gasteiger charge is -2.13. The van der Waals surface area contributed by atoms with Gasteiger partial charge in [-0.05, 0) is 39.3 Å². The van der Waals surface area contributed by atoms with Gasteiger partial charge < -0.3 is 15.6 Å². The average Bonchev–Trinajstić information content (AvgIpc) is 2.66. The molecule has 1 aliphatic heterocycles. The molecular weight excluding hydrogens is 292 g/mol. The van der Waals surface area contributed by atoms with Crippen LogP contribution in [0, 0.1) is 12.8 Å². The summed E-state index contributed by atoms with van der Waals surface area (Å²) in [5, 5.41) is 6.24. The molecule has 1 aliphatic rings. The third-order valence-corrected chi connectivity index (χ3v) is 3.53. The first-order valence-electron chi connectivity index (χ1n) is 7.20. The number of halogens is 1. The highest BCUT2D eigenvalue weighted by atomic mass is 35.5. The second kappa shape index (κ2) is 8.79. The van der Waals surface area contributed by atoms with Gasteiger partial charge in [0, 0.05) is 30.6 Å². The van der Waals surface area contributed by atoms with Crippen molar-refractivity contribution in [2.24, 2.45) is 5.92 Å². The number of hydrogen-bond donors (Lipinski definition) is 3. The van der Waals surface area contributed by atoms with E-state index >= 15 is 0 Å². The Morgan fingerprint density at radius 3 is 3.00 bits per heavy atom. The molecule has 1 amide bonds. The zero-order valence-corrected chi connectivity index (χ0v) is 13.1. The fourth-order valence-electron chi connectivity index (χ4n) is 2.49. The number of amides is 1. The third-order valence-electron chi connectivity index (χ3n) is 3.53. The lowest BCUT2D eigenvalue weighted by molar-refractivity contribution is -0.125. The van der Waals surface area contributed by atoms with Crippen LogP contribution in [-0.2, 0) is 11.2 Å². The van der Waals surface area contributed by atoms with Gasteiger partial charge in [-0.1, -0.05) is 0 Å². The SMILES string of the molecule is Cc1cc(=O)[nH]c(CCNC(=O)C2CCCNCC2)n1.Cl. The van der Waals surface area contributed by atoms with Gasteiger partial charge in [-0.3, -0.25) is 9.59 Å². The number of aryl methyl sites for hydroxylation is 1. The van der Waals surface area contributed by atoms with E-state index in [2.05, 4.69) is 20.6 Å². The Labute approximate surface area is 130 Å². The van der Waals surface area contributed by atoms with Gasteiger partial charge in [0.25, 0.3) is 5.56 Å². The number of hydrogen-bond acceptors (Lipinski definition) is 4. The number of aromatic amines is 1. The molecule has 1 fully saturated rings. The highest BCUT2D eigenvalue weighted by Gasteiger charge is 2.19. The fourth-order valence-corrected chi connectivity index (χ4v) is 2.49. The lowest BCUT2D eigenvalue weighted by Crippen LogP contribution is -2.33. The van der Waals surface area contributed by atoms with Crippen LogP contribution >= 0.6 is 12.4 Å². The fraction of sp³-hybridized carbons (Fsp3) is 0.643. The van der Waals surface area contributed by atoms with E-state index in [9.17, 15) is 9.59 Å². The molecule has 0 radical (unpaired) electrons. The van der Waals surface area contributed by atoms with Crippen LogP contribution in [0.1, 0.15) is 30.8 Å². The van der Waals surface area contributed by atoms with Crippen molar-refractivity contribution in [3.8, 4) is 0 Å². The summed E-state index contributed by atoms with van der Waals surface area (Å²) in [6.45, 7) is 4.20. The van der Waals surface area contributed by atoms with Gasteiger partial charge in [0.1, 0.15) is 5.82 Å². The highest BCUT2D eigenvalue weighted by molar-refractivity contribution is 5.85.